The Morgan fingerprint density at radius 3 is 2.52 bits per heavy atom. The predicted molar refractivity (Wildman–Crippen MR) is 129 cm³/mol. The molecule has 1 aliphatic rings. The fourth-order valence-electron chi connectivity index (χ4n) is 3.82. The van der Waals surface area contributed by atoms with E-state index in [1.54, 1.807) is 12.4 Å². The minimum absolute atomic E-state index is 0.506. The third-order valence-corrected chi connectivity index (χ3v) is 5.48. The van der Waals surface area contributed by atoms with E-state index >= 15 is 0 Å². The number of aryl methyl sites for hydroxylation is 1. The Hall–Kier alpha value is -3.91. The van der Waals surface area contributed by atoms with E-state index in [4.69, 9.17) is 0 Å². The standard InChI is InChI=1S/C25H26N8/c1-17-3-2-4-21(29-17)25-28-14-11-23(33-25)31-22-10-13-27-24(32-22)15-18-5-7-19(8-6-18)30-20-9-12-26-16-20/h2-8,10-11,13-14,20,26,30H,9,12,15-16H2,1H3,(H,27,28,31,32,33)/t20-/m1/s1. The monoisotopic (exact) mass is 438 g/mol. The number of nitrogens with one attached hydrogen (secondary N) is 3. The fraction of sp³-hybridized carbons (Fsp3) is 0.240. The minimum atomic E-state index is 0.506. The molecule has 8 nitrogen and oxygen atoms in total. The van der Waals surface area contributed by atoms with Crippen molar-refractivity contribution in [2.75, 3.05) is 23.7 Å². The molecule has 1 aliphatic heterocycles. The predicted octanol–water partition coefficient (Wildman–Crippen LogP) is 3.75. The SMILES string of the molecule is Cc1cccc(-c2nccc(Nc3ccnc(Cc4ccc(N[C@@H]5CCNC5)cc4)n3)n2)n1. The molecule has 0 radical (unpaired) electrons. The van der Waals surface area contributed by atoms with Crippen molar-refractivity contribution in [1.29, 1.82) is 0 Å². The van der Waals surface area contributed by atoms with Gasteiger partial charge in [0.2, 0.25) is 0 Å². The smallest absolute Gasteiger partial charge is 0.180 e. The van der Waals surface area contributed by atoms with Crippen LogP contribution in [-0.4, -0.2) is 44.1 Å². The molecule has 0 aliphatic carbocycles. The zero-order valence-corrected chi connectivity index (χ0v) is 18.5. The van der Waals surface area contributed by atoms with Crippen LogP contribution in [0.1, 0.15) is 23.5 Å². The molecule has 0 saturated carbocycles. The molecular formula is C25H26N8. The summed E-state index contributed by atoms with van der Waals surface area (Å²) in [7, 11) is 0. The van der Waals surface area contributed by atoms with E-state index in [2.05, 4.69) is 65.1 Å². The average molecular weight is 439 g/mol. The van der Waals surface area contributed by atoms with Gasteiger partial charge in [0.05, 0.1) is 0 Å². The molecule has 166 valence electrons. The molecule has 5 rings (SSSR count). The van der Waals surface area contributed by atoms with Crippen molar-refractivity contribution in [2.45, 2.75) is 25.8 Å². The zero-order valence-electron chi connectivity index (χ0n) is 18.5. The number of pyridine rings is 1. The Balaban J connectivity index is 1.25. The Kier molecular flexibility index (Phi) is 6.16. The third kappa shape index (κ3) is 5.48. The van der Waals surface area contributed by atoms with Gasteiger partial charge in [-0.25, -0.2) is 24.9 Å². The van der Waals surface area contributed by atoms with Gasteiger partial charge in [-0.05, 0) is 61.9 Å². The Morgan fingerprint density at radius 1 is 0.909 bits per heavy atom. The van der Waals surface area contributed by atoms with Crippen molar-refractivity contribution < 1.29 is 0 Å². The van der Waals surface area contributed by atoms with Gasteiger partial charge in [0.15, 0.2) is 5.82 Å². The highest BCUT2D eigenvalue weighted by molar-refractivity contribution is 5.56. The summed E-state index contributed by atoms with van der Waals surface area (Å²) in [4.78, 5) is 22.5. The highest BCUT2D eigenvalue weighted by Crippen LogP contribution is 2.18. The van der Waals surface area contributed by atoms with Crippen LogP contribution in [0.15, 0.2) is 67.0 Å². The van der Waals surface area contributed by atoms with Crippen LogP contribution in [0, 0.1) is 6.92 Å². The van der Waals surface area contributed by atoms with Gasteiger partial charge in [0.1, 0.15) is 23.2 Å². The molecule has 0 amide bonds. The molecule has 1 saturated heterocycles. The van der Waals surface area contributed by atoms with E-state index in [9.17, 15) is 0 Å². The topological polar surface area (TPSA) is 101 Å². The number of aromatic nitrogens is 5. The summed E-state index contributed by atoms with van der Waals surface area (Å²) in [5.41, 5.74) is 3.97. The summed E-state index contributed by atoms with van der Waals surface area (Å²) in [6, 6.07) is 18.4. The largest absolute Gasteiger partial charge is 0.381 e. The van der Waals surface area contributed by atoms with Crippen molar-refractivity contribution in [3.63, 3.8) is 0 Å². The molecule has 0 spiro atoms. The van der Waals surface area contributed by atoms with Crippen LogP contribution >= 0.6 is 0 Å². The maximum absolute atomic E-state index is 4.66. The highest BCUT2D eigenvalue weighted by Gasteiger charge is 2.13. The van der Waals surface area contributed by atoms with Crippen LogP contribution in [0.4, 0.5) is 17.3 Å². The van der Waals surface area contributed by atoms with Crippen LogP contribution in [0.25, 0.3) is 11.5 Å². The lowest BCUT2D eigenvalue weighted by atomic mass is 10.1. The number of nitrogens with zero attached hydrogens (tertiary/aromatic N) is 5. The van der Waals surface area contributed by atoms with E-state index in [1.807, 2.05) is 37.3 Å². The molecule has 1 atom stereocenters. The molecule has 1 fully saturated rings. The maximum atomic E-state index is 4.66. The average Bonchev–Trinajstić information content (AvgIpc) is 3.34. The van der Waals surface area contributed by atoms with Crippen LogP contribution in [-0.2, 0) is 6.42 Å². The lowest BCUT2D eigenvalue weighted by Gasteiger charge is -2.13. The normalized spacial score (nSPS) is 15.4. The summed E-state index contributed by atoms with van der Waals surface area (Å²) in [6.45, 7) is 4.05. The Morgan fingerprint density at radius 2 is 1.73 bits per heavy atom. The molecule has 33 heavy (non-hydrogen) atoms. The van der Waals surface area contributed by atoms with Gasteiger partial charge in [-0.2, -0.15) is 0 Å². The van der Waals surface area contributed by atoms with Crippen molar-refractivity contribution in [3.05, 3.63) is 84.1 Å². The highest BCUT2D eigenvalue weighted by atomic mass is 15.1. The van der Waals surface area contributed by atoms with E-state index in [0.29, 0.717) is 29.9 Å². The van der Waals surface area contributed by atoms with Crippen molar-refractivity contribution in [3.8, 4) is 11.5 Å². The number of hydrogen-bond acceptors (Lipinski definition) is 8. The van der Waals surface area contributed by atoms with Crippen LogP contribution in [0.5, 0.6) is 0 Å². The van der Waals surface area contributed by atoms with E-state index < -0.39 is 0 Å². The lowest BCUT2D eigenvalue weighted by molar-refractivity contribution is 0.793. The van der Waals surface area contributed by atoms with Crippen LogP contribution in [0.3, 0.4) is 0 Å². The molecule has 0 unspecified atom stereocenters. The first kappa shape index (κ1) is 21.0. The second kappa shape index (κ2) is 9.70. The van der Waals surface area contributed by atoms with Crippen molar-refractivity contribution in [2.24, 2.45) is 0 Å². The summed E-state index contributed by atoms with van der Waals surface area (Å²) in [5, 5.41) is 10.2. The number of hydrogen-bond donors (Lipinski definition) is 3. The van der Waals surface area contributed by atoms with Crippen molar-refractivity contribution >= 4 is 17.3 Å². The van der Waals surface area contributed by atoms with Gasteiger partial charge in [-0.1, -0.05) is 18.2 Å². The number of benzene rings is 1. The van der Waals surface area contributed by atoms with Gasteiger partial charge < -0.3 is 16.0 Å². The number of anilines is 3. The first-order valence-electron chi connectivity index (χ1n) is 11.1. The zero-order chi connectivity index (χ0) is 22.5. The third-order valence-electron chi connectivity index (χ3n) is 5.48. The maximum Gasteiger partial charge on any atom is 0.180 e. The van der Waals surface area contributed by atoms with Gasteiger partial charge in [-0.15, -0.1) is 0 Å². The molecule has 3 aromatic heterocycles. The number of rotatable bonds is 7. The molecular weight excluding hydrogens is 412 g/mol. The summed E-state index contributed by atoms with van der Waals surface area (Å²) in [6.07, 6.45) is 5.29. The van der Waals surface area contributed by atoms with E-state index in [0.717, 1.165) is 48.0 Å². The van der Waals surface area contributed by atoms with E-state index in [1.165, 1.54) is 0 Å². The first-order chi connectivity index (χ1) is 16.2. The molecule has 4 aromatic rings. The second-order valence-electron chi connectivity index (χ2n) is 8.12. The van der Waals surface area contributed by atoms with Gasteiger partial charge in [0, 0.05) is 42.8 Å². The van der Waals surface area contributed by atoms with E-state index in [-0.39, 0.29) is 0 Å². The minimum Gasteiger partial charge on any atom is -0.381 e. The van der Waals surface area contributed by atoms with Gasteiger partial charge >= 0.3 is 0 Å². The van der Waals surface area contributed by atoms with Gasteiger partial charge in [-0.3, -0.25) is 0 Å². The lowest BCUT2D eigenvalue weighted by Crippen LogP contribution is -2.21. The summed E-state index contributed by atoms with van der Waals surface area (Å²) >= 11 is 0. The second-order valence-corrected chi connectivity index (χ2v) is 8.12. The molecule has 1 aromatic carbocycles. The summed E-state index contributed by atoms with van der Waals surface area (Å²) < 4.78 is 0. The van der Waals surface area contributed by atoms with Crippen LogP contribution in [0.2, 0.25) is 0 Å². The fourth-order valence-corrected chi connectivity index (χ4v) is 3.82. The molecule has 3 N–H and O–H groups in total. The Labute approximate surface area is 193 Å². The van der Waals surface area contributed by atoms with Crippen LogP contribution < -0.4 is 16.0 Å². The molecule has 0 bridgehead atoms. The van der Waals surface area contributed by atoms with Gasteiger partial charge in [0.25, 0.3) is 0 Å². The quantitative estimate of drug-likeness (QED) is 0.401. The Bertz CT molecular complexity index is 1220. The molecule has 4 heterocycles. The van der Waals surface area contributed by atoms with Crippen molar-refractivity contribution in [1.82, 2.24) is 30.2 Å². The first-order valence-corrected chi connectivity index (χ1v) is 11.1. The summed E-state index contributed by atoms with van der Waals surface area (Å²) in [5.74, 6) is 2.66. The molecule has 8 heteroatoms.